The Kier molecular flexibility index (Phi) is 2.71. The monoisotopic (exact) mass is 162 g/mol. The van der Waals surface area contributed by atoms with Crippen molar-refractivity contribution in [2.24, 2.45) is 5.73 Å². The van der Waals surface area contributed by atoms with E-state index in [4.69, 9.17) is 5.73 Å². The van der Waals surface area contributed by atoms with Gasteiger partial charge in [0.1, 0.15) is 5.69 Å². The Morgan fingerprint density at radius 1 is 1.58 bits per heavy atom. The fourth-order valence-corrected chi connectivity index (χ4v) is 0.841. The third kappa shape index (κ3) is 1.77. The van der Waals surface area contributed by atoms with Gasteiger partial charge in [-0.25, -0.2) is 4.98 Å². The van der Waals surface area contributed by atoms with Crippen molar-refractivity contribution in [1.29, 1.82) is 0 Å². The lowest BCUT2D eigenvalue weighted by Gasteiger charge is -2.04. The van der Waals surface area contributed by atoms with Gasteiger partial charge in [-0.05, 0) is 12.1 Å². The van der Waals surface area contributed by atoms with E-state index in [1.54, 1.807) is 24.3 Å². The van der Waals surface area contributed by atoms with Gasteiger partial charge in [0.25, 0.3) is 0 Å². The van der Waals surface area contributed by atoms with E-state index in [2.05, 4.69) is 11.6 Å². The molecule has 1 rings (SSSR count). The molecule has 62 valence electrons. The number of hydrogen-bond donors (Lipinski definition) is 1. The van der Waals surface area contributed by atoms with Crippen LogP contribution in [0, 0.1) is 0 Å². The SMILES string of the molecule is C=CC(N)c1cccc(C=O)n1. The van der Waals surface area contributed by atoms with E-state index in [0.29, 0.717) is 17.7 Å². The number of rotatable bonds is 3. The first-order valence-corrected chi connectivity index (χ1v) is 3.58. The van der Waals surface area contributed by atoms with Crippen molar-refractivity contribution in [2.75, 3.05) is 0 Å². The smallest absolute Gasteiger partial charge is 0.168 e. The van der Waals surface area contributed by atoms with E-state index in [1.807, 2.05) is 0 Å². The molecule has 12 heavy (non-hydrogen) atoms. The summed E-state index contributed by atoms with van der Waals surface area (Å²) < 4.78 is 0. The van der Waals surface area contributed by atoms with E-state index < -0.39 is 0 Å². The summed E-state index contributed by atoms with van der Waals surface area (Å²) in [4.78, 5) is 14.3. The van der Waals surface area contributed by atoms with Crippen LogP contribution in [0.5, 0.6) is 0 Å². The predicted molar refractivity (Wildman–Crippen MR) is 46.7 cm³/mol. The zero-order valence-corrected chi connectivity index (χ0v) is 6.60. The van der Waals surface area contributed by atoms with Crippen LogP contribution in [0.1, 0.15) is 22.2 Å². The fraction of sp³-hybridized carbons (Fsp3) is 0.111. The number of aromatic nitrogens is 1. The van der Waals surface area contributed by atoms with Gasteiger partial charge in [-0.1, -0.05) is 12.1 Å². The van der Waals surface area contributed by atoms with Crippen LogP contribution < -0.4 is 5.73 Å². The molecule has 0 radical (unpaired) electrons. The molecule has 0 spiro atoms. The Bertz CT molecular complexity index is 296. The van der Waals surface area contributed by atoms with Gasteiger partial charge in [-0.2, -0.15) is 0 Å². The Morgan fingerprint density at radius 3 is 2.92 bits per heavy atom. The number of pyridine rings is 1. The number of carbonyl (C=O) groups is 1. The van der Waals surface area contributed by atoms with Crippen LogP contribution in [0.15, 0.2) is 30.9 Å². The van der Waals surface area contributed by atoms with Crippen molar-refractivity contribution >= 4 is 6.29 Å². The van der Waals surface area contributed by atoms with Gasteiger partial charge in [-0.3, -0.25) is 4.79 Å². The van der Waals surface area contributed by atoms with Gasteiger partial charge in [0.2, 0.25) is 0 Å². The summed E-state index contributed by atoms with van der Waals surface area (Å²) in [6.07, 6.45) is 2.27. The summed E-state index contributed by atoms with van der Waals surface area (Å²) in [5.74, 6) is 0. The zero-order chi connectivity index (χ0) is 8.97. The molecule has 0 aliphatic rings. The van der Waals surface area contributed by atoms with Crippen LogP contribution in [-0.2, 0) is 0 Å². The largest absolute Gasteiger partial charge is 0.319 e. The molecular formula is C9H10N2O. The summed E-state index contributed by atoms with van der Waals surface area (Å²) in [6.45, 7) is 3.54. The molecule has 0 saturated carbocycles. The van der Waals surface area contributed by atoms with Gasteiger partial charge < -0.3 is 5.73 Å². The summed E-state index contributed by atoms with van der Waals surface area (Å²) in [7, 11) is 0. The van der Waals surface area contributed by atoms with Crippen LogP contribution in [0.2, 0.25) is 0 Å². The van der Waals surface area contributed by atoms with Crippen LogP contribution in [0.3, 0.4) is 0 Å². The van der Waals surface area contributed by atoms with Crippen molar-refractivity contribution in [2.45, 2.75) is 6.04 Å². The van der Waals surface area contributed by atoms with E-state index in [0.717, 1.165) is 0 Å². The summed E-state index contributed by atoms with van der Waals surface area (Å²) in [5.41, 5.74) is 6.68. The van der Waals surface area contributed by atoms with Crippen LogP contribution >= 0.6 is 0 Å². The Hall–Kier alpha value is -1.48. The normalized spacial score (nSPS) is 12.1. The fourth-order valence-electron chi connectivity index (χ4n) is 0.841. The molecular weight excluding hydrogens is 152 g/mol. The van der Waals surface area contributed by atoms with E-state index >= 15 is 0 Å². The number of carbonyl (C=O) groups excluding carboxylic acids is 1. The first-order valence-electron chi connectivity index (χ1n) is 3.58. The Labute approximate surface area is 70.9 Å². The minimum Gasteiger partial charge on any atom is -0.319 e. The molecule has 0 aliphatic carbocycles. The van der Waals surface area contributed by atoms with Gasteiger partial charge in [0.05, 0.1) is 11.7 Å². The second-order valence-corrected chi connectivity index (χ2v) is 2.37. The molecule has 3 heteroatoms. The quantitative estimate of drug-likeness (QED) is 0.534. The van der Waals surface area contributed by atoms with Gasteiger partial charge in [0.15, 0.2) is 6.29 Å². The minimum absolute atomic E-state index is 0.301. The van der Waals surface area contributed by atoms with E-state index in [9.17, 15) is 4.79 Å². The number of nitrogens with two attached hydrogens (primary N) is 1. The average Bonchev–Trinajstić information content (AvgIpc) is 2.17. The van der Waals surface area contributed by atoms with Crippen molar-refractivity contribution < 1.29 is 4.79 Å². The second kappa shape index (κ2) is 3.78. The third-order valence-corrected chi connectivity index (χ3v) is 1.51. The molecule has 0 aromatic carbocycles. The lowest BCUT2D eigenvalue weighted by atomic mass is 10.2. The predicted octanol–water partition coefficient (Wildman–Crippen LogP) is 1.08. The minimum atomic E-state index is -0.301. The number of hydrogen-bond acceptors (Lipinski definition) is 3. The zero-order valence-electron chi connectivity index (χ0n) is 6.60. The van der Waals surface area contributed by atoms with E-state index in [-0.39, 0.29) is 6.04 Å². The highest BCUT2D eigenvalue weighted by Crippen LogP contribution is 2.07. The molecule has 0 aliphatic heterocycles. The summed E-state index contributed by atoms with van der Waals surface area (Å²) >= 11 is 0. The molecule has 1 aromatic rings. The Balaban J connectivity index is 3.00. The lowest BCUT2D eigenvalue weighted by molar-refractivity contribution is 0.111. The molecule has 0 amide bonds. The molecule has 2 N–H and O–H groups in total. The van der Waals surface area contributed by atoms with Crippen LogP contribution in [0.25, 0.3) is 0 Å². The highest BCUT2D eigenvalue weighted by atomic mass is 16.1. The summed E-state index contributed by atoms with van der Waals surface area (Å²) in [6, 6.07) is 4.84. The third-order valence-electron chi connectivity index (χ3n) is 1.51. The van der Waals surface area contributed by atoms with Crippen molar-refractivity contribution in [3.8, 4) is 0 Å². The first kappa shape index (κ1) is 8.62. The number of aldehydes is 1. The van der Waals surface area contributed by atoms with Crippen molar-refractivity contribution in [3.05, 3.63) is 42.2 Å². The Morgan fingerprint density at radius 2 is 2.33 bits per heavy atom. The van der Waals surface area contributed by atoms with Crippen molar-refractivity contribution in [3.63, 3.8) is 0 Å². The molecule has 3 nitrogen and oxygen atoms in total. The molecule has 1 heterocycles. The van der Waals surface area contributed by atoms with Crippen molar-refractivity contribution in [1.82, 2.24) is 4.98 Å². The molecule has 1 atom stereocenters. The maximum absolute atomic E-state index is 10.3. The molecule has 0 bridgehead atoms. The van der Waals surface area contributed by atoms with Gasteiger partial charge >= 0.3 is 0 Å². The lowest BCUT2D eigenvalue weighted by Crippen LogP contribution is -2.09. The topological polar surface area (TPSA) is 56.0 Å². The molecule has 1 unspecified atom stereocenters. The number of nitrogens with zero attached hydrogens (tertiary/aromatic N) is 1. The van der Waals surface area contributed by atoms with Crippen LogP contribution in [0.4, 0.5) is 0 Å². The molecule has 0 fully saturated rings. The standard InChI is InChI=1S/C9H10N2O/c1-2-8(10)9-5-3-4-7(6-12)11-9/h2-6,8H,1,10H2. The highest BCUT2D eigenvalue weighted by molar-refractivity contribution is 5.71. The van der Waals surface area contributed by atoms with E-state index in [1.165, 1.54) is 0 Å². The summed E-state index contributed by atoms with van der Waals surface area (Å²) in [5, 5.41) is 0. The maximum Gasteiger partial charge on any atom is 0.168 e. The maximum atomic E-state index is 10.3. The molecule has 1 aromatic heterocycles. The van der Waals surface area contributed by atoms with Gasteiger partial charge in [-0.15, -0.1) is 6.58 Å². The van der Waals surface area contributed by atoms with Gasteiger partial charge in [0, 0.05) is 0 Å². The first-order chi connectivity index (χ1) is 5.77. The second-order valence-electron chi connectivity index (χ2n) is 2.37. The highest BCUT2D eigenvalue weighted by Gasteiger charge is 2.02. The van der Waals surface area contributed by atoms with Crippen LogP contribution in [-0.4, -0.2) is 11.3 Å². The average molecular weight is 162 g/mol. The molecule has 0 saturated heterocycles.